The summed E-state index contributed by atoms with van der Waals surface area (Å²) in [6.45, 7) is 4.08. The number of rotatable bonds is 8. The Bertz CT molecular complexity index is 1450. The molecule has 4 rings (SSSR count). The SMILES string of the molecule is CCCc1sc2nc(SCC(=O)Nc3cccc(Cl)c3Cl)n(-c3ccc(OC)cc3)c(=O)c2c1C. The van der Waals surface area contributed by atoms with Gasteiger partial charge < -0.3 is 10.1 Å². The molecule has 182 valence electrons. The molecule has 0 aliphatic rings. The molecule has 35 heavy (non-hydrogen) atoms. The summed E-state index contributed by atoms with van der Waals surface area (Å²) in [4.78, 5) is 33.1. The van der Waals surface area contributed by atoms with Gasteiger partial charge in [-0.05, 0) is 55.3 Å². The summed E-state index contributed by atoms with van der Waals surface area (Å²) >= 11 is 15.0. The molecule has 0 fully saturated rings. The zero-order valence-electron chi connectivity index (χ0n) is 19.4. The van der Waals surface area contributed by atoms with Crippen molar-refractivity contribution in [3.8, 4) is 11.4 Å². The Balaban J connectivity index is 1.72. The third kappa shape index (κ3) is 5.35. The topological polar surface area (TPSA) is 73.2 Å². The molecule has 2 aromatic heterocycles. The van der Waals surface area contributed by atoms with Crippen LogP contribution in [-0.4, -0.2) is 28.3 Å². The van der Waals surface area contributed by atoms with Crippen LogP contribution < -0.4 is 15.6 Å². The molecular weight excluding hydrogens is 525 g/mol. The number of ether oxygens (including phenoxy) is 1. The van der Waals surface area contributed by atoms with E-state index in [9.17, 15) is 9.59 Å². The van der Waals surface area contributed by atoms with Crippen molar-refractivity contribution in [2.75, 3.05) is 18.2 Å². The van der Waals surface area contributed by atoms with Gasteiger partial charge in [0.05, 0.1) is 39.7 Å². The standard InChI is InChI=1S/C25H23Cl2N3O3S2/c1-4-6-19-14(2)21-23(35-19)29-25(30(24(21)32)15-9-11-16(33-3)12-10-15)34-13-20(31)28-18-8-5-7-17(26)22(18)27/h5,7-12H,4,6,13H2,1-3H3,(H,28,31). The minimum atomic E-state index is -0.288. The lowest BCUT2D eigenvalue weighted by atomic mass is 10.1. The Hall–Kier alpha value is -2.52. The molecule has 2 aromatic carbocycles. The fourth-order valence-corrected chi connectivity index (χ4v) is 6.13. The van der Waals surface area contributed by atoms with E-state index >= 15 is 0 Å². The number of aryl methyl sites for hydroxylation is 2. The first kappa shape index (κ1) is 25.6. The molecule has 0 atom stereocenters. The van der Waals surface area contributed by atoms with Crippen LogP contribution in [0.15, 0.2) is 52.4 Å². The number of nitrogens with one attached hydrogen (secondary N) is 1. The monoisotopic (exact) mass is 547 g/mol. The van der Waals surface area contributed by atoms with E-state index in [1.54, 1.807) is 54.1 Å². The number of benzene rings is 2. The molecule has 0 saturated heterocycles. The maximum Gasteiger partial charge on any atom is 0.267 e. The van der Waals surface area contributed by atoms with Crippen LogP contribution in [0.25, 0.3) is 15.9 Å². The molecule has 0 radical (unpaired) electrons. The number of carbonyl (C=O) groups excluding carboxylic acids is 1. The zero-order chi connectivity index (χ0) is 25.1. The Morgan fingerprint density at radius 3 is 2.63 bits per heavy atom. The minimum Gasteiger partial charge on any atom is -0.497 e. The van der Waals surface area contributed by atoms with E-state index in [-0.39, 0.29) is 22.2 Å². The van der Waals surface area contributed by atoms with Crippen molar-refractivity contribution in [3.63, 3.8) is 0 Å². The second-order valence-corrected chi connectivity index (χ2v) is 10.6. The van der Waals surface area contributed by atoms with Gasteiger partial charge in [-0.1, -0.05) is 54.4 Å². The molecule has 0 aliphatic carbocycles. The third-order valence-electron chi connectivity index (χ3n) is 5.40. The smallest absolute Gasteiger partial charge is 0.267 e. The molecule has 4 aromatic rings. The molecule has 1 N–H and O–H groups in total. The van der Waals surface area contributed by atoms with Crippen molar-refractivity contribution in [2.24, 2.45) is 0 Å². The first-order valence-electron chi connectivity index (χ1n) is 10.9. The molecule has 0 saturated carbocycles. The predicted octanol–water partition coefficient (Wildman–Crippen LogP) is 6.75. The van der Waals surface area contributed by atoms with Crippen molar-refractivity contribution in [1.29, 1.82) is 0 Å². The molecule has 6 nitrogen and oxygen atoms in total. The summed E-state index contributed by atoms with van der Waals surface area (Å²) in [6.07, 6.45) is 1.87. The van der Waals surface area contributed by atoms with Crippen molar-refractivity contribution in [2.45, 2.75) is 31.8 Å². The van der Waals surface area contributed by atoms with Crippen molar-refractivity contribution in [3.05, 3.63) is 73.3 Å². The average molecular weight is 549 g/mol. The third-order valence-corrected chi connectivity index (χ3v) is 8.40. The lowest BCUT2D eigenvalue weighted by molar-refractivity contribution is -0.113. The summed E-state index contributed by atoms with van der Waals surface area (Å²) in [6, 6.07) is 12.2. The van der Waals surface area contributed by atoms with Crippen LogP contribution in [0.4, 0.5) is 5.69 Å². The molecule has 10 heteroatoms. The number of fused-ring (bicyclic) bond motifs is 1. The maximum atomic E-state index is 13.7. The highest BCUT2D eigenvalue weighted by Gasteiger charge is 2.20. The lowest BCUT2D eigenvalue weighted by Gasteiger charge is -2.13. The number of methoxy groups -OCH3 is 1. The number of nitrogens with zero attached hydrogens (tertiary/aromatic N) is 2. The van der Waals surface area contributed by atoms with Gasteiger partial charge in [0.2, 0.25) is 5.91 Å². The molecule has 2 heterocycles. The van der Waals surface area contributed by atoms with Gasteiger partial charge in [0, 0.05) is 4.88 Å². The number of hydrogen-bond donors (Lipinski definition) is 1. The van der Waals surface area contributed by atoms with E-state index in [2.05, 4.69) is 12.2 Å². The van der Waals surface area contributed by atoms with Gasteiger partial charge in [0.15, 0.2) is 5.16 Å². The number of hydrogen-bond acceptors (Lipinski definition) is 6. The van der Waals surface area contributed by atoms with Gasteiger partial charge in [0.25, 0.3) is 5.56 Å². The quantitative estimate of drug-likeness (QED) is 0.195. The molecular formula is C25H23Cl2N3O3S2. The normalized spacial score (nSPS) is 11.1. The molecule has 0 spiro atoms. The van der Waals surface area contributed by atoms with Crippen molar-refractivity contribution < 1.29 is 9.53 Å². The molecule has 0 unspecified atom stereocenters. The van der Waals surface area contributed by atoms with Crippen LogP contribution in [0.5, 0.6) is 5.75 Å². The average Bonchev–Trinajstić information content (AvgIpc) is 3.16. The van der Waals surface area contributed by atoms with E-state index in [1.165, 1.54) is 23.1 Å². The van der Waals surface area contributed by atoms with Crippen molar-refractivity contribution >= 4 is 68.1 Å². The van der Waals surface area contributed by atoms with Crippen LogP contribution in [0, 0.1) is 6.92 Å². The Morgan fingerprint density at radius 2 is 1.94 bits per heavy atom. The van der Waals surface area contributed by atoms with Crippen LogP contribution in [0.1, 0.15) is 23.8 Å². The fraction of sp³-hybridized carbons (Fsp3) is 0.240. The van der Waals surface area contributed by atoms with E-state index in [0.717, 1.165) is 23.3 Å². The van der Waals surface area contributed by atoms with Crippen molar-refractivity contribution in [1.82, 2.24) is 9.55 Å². The fourth-order valence-electron chi connectivity index (χ4n) is 3.65. The predicted molar refractivity (Wildman–Crippen MR) is 146 cm³/mol. The van der Waals surface area contributed by atoms with E-state index in [4.69, 9.17) is 32.9 Å². The van der Waals surface area contributed by atoms with Crippen LogP contribution in [-0.2, 0) is 11.2 Å². The first-order chi connectivity index (χ1) is 16.8. The van der Waals surface area contributed by atoms with E-state index in [0.29, 0.717) is 37.5 Å². The number of carbonyl (C=O) groups is 1. The Labute approximate surface area is 221 Å². The van der Waals surface area contributed by atoms with Crippen LogP contribution in [0.3, 0.4) is 0 Å². The summed E-state index contributed by atoms with van der Waals surface area (Å²) in [7, 11) is 1.59. The largest absolute Gasteiger partial charge is 0.497 e. The zero-order valence-corrected chi connectivity index (χ0v) is 22.5. The number of thioether (sulfide) groups is 1. The van der Waals surface area contributed by atoms with Gasteiger partial charge in [-0.15, -0.1) is 11.3 Å². The van der Waals surface area contributed by atoms with E-state index < -0.39 is 0 Å². The number of thiophene rings is 1. The summed E-state index contributed by atoms with van der Waals surface area (Å²) in [5, 5.41) is 4.46. The first-order valence-corrected chi connectivity index (χ1v) is 13.5. The highest BCUT2D eigenvalue weighted by atomic mass is 35.5. The van der Waals surface area contributed by atoms with Gasteiger partial charge in [-0.3, -0.25) is 14.2 Å². The van der Waals surface area contributed by atoms with Gasteiger partial charge in [-0.25, -0.2) is 4.98 Å². The highest BCUT2D eigenvalue weighted by molar-refractivity contribution is 7.99. The summed E-state index contributed by atoms with van der Waals surface area (Å²) in [5.41, 5.74) is 1.89. The summed E-state index contributed by atoms with van der Waals surface area (Å²) in [5.74, 6) is 0.423. The van der Waals surface area contributed by atoms with Gasteiger partial charge in [0.1, 0.15) is 10.6 Å². The van der Waals surface area contributed by atoms with Crippen LogP contribution in [0.2, 0.25) is 10.0 Å². The number of aromatic nitrogens is 2. The van der Waals surface area contributed by atoms with Gasteiger partial charge >= 0.3 is 0 Å². The minimum absolute atomic E-state index is 0.0309. The number of halogens is 2. The molecule has 0 aliphatic heterocycles. The number of amides is 1. The second kappa shape index (κ2) is 11.0. The number of anilines is 1. The lowest BCUT2D eigenvalue weighted by Crippen LogP contribution is -2.23. The van der Waals surface area contributed by atoms with E-state index in [1.807, 2.05) is 6.92 Å². The summed E-state index contributed by atoms with van der Waals surface area (Å²) < 4.78 is 6.82. The molecule has 0 bridgehead atoms. The Morgan fingerprint density at radius 1 is 1.20 bits per heavy atom. The molecule has 1 amide bonds. The van der Waals surface area contributed by atoms with Gasteiger partial charge in [-0.2, -0.15) is 0 Å². The Kier molecular flexibility index (Phi) is 8.06. The highest BCUT2D eigenvalue weighted by Crippen LogP contribution is 2.32. The van der Waals surface area contributed by atoms with Crippen LogP contribution >= 0.6 is 46.3 Å². The maximum absolute atomic E-state index is 13.7. The second-order valence-electron chi connectivity index (χ2n) is 7.75.